The summed E-state index contributed by atoms with van der Waals surface area (Å²) in [6.07, 6.45) is 6.61. The number of rotatable bonds is 7. The third-order valence-corrected chi connectivity index (χ3v) is 4.37. The molecule has 2 aliphatic rings. The first kappa shape index (κ1) is 13.1. The van der Waals surface area contributed by atoms with Gasteiger partial charge in [-0.2, -0.15) is 0 Å². The van der Waals surface area contributed by atoms with Crippen LogP contribution in [-0.2, 0) is 17.6 Å². The summed E-state index contributed by atoms with van der Waals surface area (Å²) in [7, 11) is 0. The number of fused-ring (bicyclic) bond motifs is 1. The van der Waals surface area contributed by atoms with Crippen molar-refractivity contribution in [3.63, 3.8) is 0 Å². The van der Waals surface area contributed by atoms with E-state index in [-0.39, 0.29) is 0 Å². The van der Waals surface area contributed by atoms with Crippen molar-refractivity contribution in [2.75, 3.05) is 19.8 Å². The van der Waals surface area contributed by atoms with Gasteiger partial charge in [-0.25, -0.2) is 0 Å². The minimum Gasteiger partial charge on any atom is -0.380 e. The molecule has 2 nitrogen and oxygen atoms in total. The predicted octanol–water partition coefficient (Wildman–Crippen LogP) is 3.25. The molecule has 1 fully saturated rings. The van der Waals surface area contributed by atoms with Crippen molar-refractivity contribution in [2.45, 2.75) is 45.1 Å². The van der Waals surface area contributed by atoms with Gasteiger partial charge in [0.05, 0.1) is 6.61 Å². The van der Waals surface area contributed by atoms with Crippen molar-refractivity contribution in [1.82, 2.24) is 5.32 Å². The first-order valence-corrected chi connectivity index (χ1v) is 7.76. The lowest BCUT2D eigenvalue weighted by Gasteiger charge is -2.15. The van der Waals surface area contributed by atoms with Gasteiger partial charge in [0.15, 0.2) is 0 Å². The lowest BCUT2D eigenvalue weighted by Crippen LogP contribution is -2.23. The molecule has 1 aromatic rings. The summed E-state index contributed by atoms with van der Waals surface area (Å²) in [5.74, 6) is 0.870. The van der Waals surface area contributed by atoms with Gasteiger partial charge in [-0.05, 0) is 61.6 Å². The Labute approximate surface area is 116 Å². The van der Waals surface area contributed by atoms with Crippen molar-refractivity contribution in [3.8, 4) is 0 Å². The third kappa shape index (κ3) is 3.58. The molecule has 0 amide bonds. The van der Waals surface area contributed by atoms with Crippen LogP contribution in [0.15, 0.2) is 18.2 Å². The smallest absolute Gasteiger partial charge is 0.0591 e. The van der Waals surface area contributed by atoms with Crippen LogP contribution in [0.4, 0.5) is 0 Å². The summed E-state index contributed by atoms with van der Waals surface area (Å²) in [5, 5.41) is 3.56. The van der Waals surface area contributed by atoms with Gasteiger partial charge in [0.1, 0.15) is 0 Å². The van der Waals surface area contributed by atoms with Crippen molar-refractivity contribution in [2.24, 2.45) is 5.92 Å². The van der Waals surface area contributed by atoms with Gasteiger partial charge in [0.2, 0.25) is 0 Å². The zero-order valence-electron chi connectivity index (χ0n) is 12.0. The van der Waals surface area contributed by atoms with Gasteiger partial charge in [0, 0.05) is 19.2 Å². The van der Waals surface area contributed by atoms with Crippen molar-refractivity contribution in [3.05, 3.63) is 34.9 Å². The van der Waals surface area contributed by atoms with Gasteiger partial charge in [-0.15, -0.1) is 0 Å². The van der Waals surface area contributed by atoms with E-state index in [4.69, 9.17) is 4.74 Å². The monoisotopic (exact) mass is 259 g/mol. The Morgan fingerprint density at radius 3 is 2.95 bits per heavy atom. The van der Waals surface area contributed by atoms with Crippen LogP contribution in [0.25, 0.3) is 0 Å². The maximum absolute atomic E-state index is 5.66. The van der Waals surface area contributed by atoms with E-state index in [1.165, 1.54) is 37.7 Å². The quantitative estimate of drug-likeness (QED) is 0.759. The summed E-state index contributed by atoms with van der Waals surface area (Å²) >= 11 is 0. The van der Waals surface area contributed by atoms with Gasteiger partial charge in [0.25, 0.3) is 0 Å². The average molecular weight is 259 g/mol. The van der Waals surface area contributed by atoms with Gasteiger partial charge in [-0.3, -0.25) is 0 Å². The van der Waals surface area contributed by atoms with Crippen LogP contribution in [0.3, 0.4) is 0 Å². The summed E-state index contributed by atoms with van der Waals surface area (Å²) in [4.78, 5) is 0. The zero-order valence-corrected chi connectivity index (χ0v) is 12.0. The molecule has 1 atom stereocenters. The van der Waals surface area contributed by atoms with Crippen LogP contribution in [0.5, 0.6) is 0 Å². The molecule has 2 heteroatoms. The molecule has 104 valence electrons. The second-order valence-corrected chi connectivity index (χ2v) is 6.08. The van der Waals surface area contributed by atoms with Crippen LogP contribution < -0.4 is 5.32 Å². The van der Waals surface area contributed by atoms with Gasteiger partial charge in [-0.1, -0.05) is 18.2 Å². The maximum Gasteiger partial charge on any atom is 0.0591 e. The first-order valence-electron chi connectivity index (χ1n) is 7.76. The minimum atomic E-state index is 0.426. The number of hydrogen-bond acceptors (Lipinski definition) is 2. The van der Waals surface area contributed by atoms with E-state index in [2.05, 4.69) is 30.4 Å². The largest absolute Gasteiger partial charge is 0.380 e. The maximum atomic E-state index is 5.66. The summed E-state index contributed by atoms with van der Waals surface area (Å²) in [6.45, 7) is 5.00. The fourth-order valence-corrected chi connectivity index (χ4v) is 2.86. The highest BCUT2D eigenvalue weighted by Gasteiger charge is 2.20. The molecule has 3 rings (SSSR count). The Kier molecular flexibility index (Phi) is 4.19. The Bertz CT molecular complexity index is 425. The van der Waals surface area contributed by atoms with Crippen LogP contribution in [-0.4, -0.2) is 19.8 Å². The highest BCUT2D eigenvalue weighted by molar-refractivity contribution is 5.36. The third-order valence-electron chi connectivity index (χ3n) is 4.37. The van der Waals surface area contributed by atoms with Crippen LogP contribution in [0.1, 0.15) is 48.9 Å². The molecule has 1 N–H and O–H groups in total. The average Bonchev–Trinajstić information content (AvgIpc) is 3.13. The van der Waals surface area contributed by atoms with Crippen LogP contribution >= 0.6 is 0 Å². The minimum absolute atomic E-state index is 0.426. The molecule has 2 aliphatic carbocycles. The molecule has 1 saturated carbocycles. The summed E-state index contributed by atoms with van der Waals surface area (Å²) in [6, 6.07) is 7.42. The molecule has 0 aliphatic heterocycles. The molecule has 19 heavy (non-hydrogen) atoms. The van der Waals surface area contributed by atoms with E-state index in [0.29, 0.717) is 6.04 Å². The fourth-order valence-electron chi connectivity index (χ4n) is 2.86. The number of nitrogens with one attached hydrogen (secondary N) is 1. The Morgan fingerprint density at radius 2 is 2.11 bits per heavy atom. The predicted molar refractivity (Wildman–Crippen MR) is 78.4 cm³/mol. The molecule has 0 aromatic heterocycles. The number of ether oxygens (including phenoxy) is 1. The summed E-state index contributed by atoms with van der Waals surface area (Å²) < 4.78 is 5.66. The Balaban J connectivity index is 1.42. The molecule has 0 spiro atoms. The van der Waals surface area contributed by atoms with Gasteiger partial charge < -0.3 is 10.1 Å². The topological polar surface area (TPSA) is 21.3 Å². The van der Waals surface area contributed by atoms with Crippen molar-refractivity contribution >= 4 is 0 Å². The number of benzene rings is 1. The Morgan fingerprint density at radius 1 is 1.26 bits per heavy atom. The standard InChI is InChI=1S/C17H25NO/c1-13(18-9-10-19-12-14-5-6-14)16-8-7-15-3-2-4-17(15)11-16/h7-8,11,13-14,18H,2-6,9-10,12H2,1H3. The summed E-state index contributed by atoms with van der Waals surface area (Å²) in [5.41, 5.74) is 4.54. The van der Waals surface area contributed by atoms with E-state index in [0.717, 1.165) is 25.7 Å². The van der Waals surface area contributed by atoms with Gasteiger partial charge >= 0.3 is 0 Å². The first-order chi connectivity index (χ1) is 9.33. The molecule has 0 heterocycles. The highest BCUT2D eigenvalue weighted by atomic mass is 16.5. The normalized spacial score (nSPS) is 19.4. The zero-order chi connectivity index (χ0) is 13.1. The molecular weight excluding hydrogens is 234 g/mol. The van der Waals surface area contributed by atoms with E-state index < -0.39 is 0 Å². The van der Waals surface area contributed by atoms with Crippen molar-refractivity contribution < 1.29 is 4.74 Å². The molecule has 0 saturated heterocycles. The van der Waals surface area contributed by atoms with E-state index in [1.54, 1.807) is 11.1 Å². The molecule has 1 aromatic carbocycles. The van der Waals surface area contributed by atoms with Crippen LogP contribution in [0, 0.1) is 5.92 Å². The molecule has 0 radical (unpaired) electrons. The number of aryl methyl sites for hydroxylation is 2. The molecule has 0 bridgehead atoms. The lowest BCUT2D eigenvalue weighted by atomic mass is 10.0. The molecular formula is C17H25NO. The van der Waals surface area contributed by atoms with E-state index in [9.17, 15) is 0 Å². The second-order valence-electron chi connectivity index (χ2n) is 6.08. The SMILES string of the molecule is CC(NCCOCC1CC1)c1ccc2c(c1)CCC2. The number of hydrogen-bond donors (Lipinski definition) is 1. The fraction of sp³-hybridized carbons (Fsp3) is 0.647. The van der Waals surface area contributed by atoms with E-state index in [1.807, 2.05) is 0 Å². The van der Waals surface area contributed by atoms with Crippen molar-refractivity contribution in [1.29, 1.82) is 0 Å². The lowest BCUT2D eigenvalue weighted by molar-refractivity contribution is 0.124. The van der Waals surface area contributed by atoms with E-state index >= 15 is 0 Å². The highest BCUT2D eigenvalue weighted by Crippen LogP contribution is 2.28. The Hall–Kier alpha value is -0.860. The second kappa shape index (κ2) is 6.06. The van der Waals surface area contributed by atoms with Crippen LogP contribution in [0.2, 0.25) is 0 Å². The molecule has 1 unspecified atom stereocenters.